The molecule has 1 heterocycles. The molecule has 2 atom stereocenters. The maximum Gasteiger partial charge on any atom is 0.293 e. The largest absolute Gasteiger partial charge is 0.293 e. The number of amides is 2. The van der Waals surface area contributed by atoms with E-state index in [4.69, 9.17) is 0 Å². The maximum atomic E-state index is 14.4. The molecule has 1 fully saturated rings. The molecular formula is C31H20N4O6. The van der Waals surface area contributed by atoms with Crippen molar-refractivity contribution in [3.8, 4) is 0 Å². The Morgan fingerprint density at radius 2 is 1.39 bits per heavy atom. The van der Waals surface area contributed by atoms with Crippen molar-refractivity contribution in [2.24, 2.45) is 16.8 Å². The van der Waals surface area contributed by atoms with Gasteiger partial charge in [-0.25, -0.2) is 4.90 Å². The van der Waals surface area contributed by atoms with Crippen LogP contribution in [0.15, 0.2) is 102 Å². The fourth-order valence-corrected chi connectivity index (χ4v) is 6.96. The zero-order valence-electron chi connectivity index (χ0n) is 21.3. The lowest BCUT2D eigenvalue weighted by molar-refractivity contribution is -0.384. The first-order valence-electron chi connectivity index (χ1n) is 12.9. The Bertz CT molecular complexity index is 1800. The minimum atomic E-state index is -1.21. The number of anilines is 1. The summed E-state index contributed by atoms with van der Waals surface area (Å²) in [5, 5.41) is 23.3. The summed E-state index contributed by atoms with van der Waals surface area (Å²) in [6.45, 7) is 0. The summed E-state index contributed by atoms with van der Waals surface area (Å²) in [4.78, 5) is 56.5. The lowest BCUT2D eigenvalue weighted by Gasteiger charge is -2.52. The van der Waals surface area contributed by atoms with E-state index in [-0.39, 0.29) is 17.1 Å². The van der Waals surface area contributed by atoms with Crippen molar-refractivity contribution < 1.29 is 19.4 Å². The average molecular weight is 545 g/mol. The number of carbonyl (C=O) groups is 2. The molecule has 4 aromatic carbocycles. The topological polar surface area (TPSA) is 136 Å². The summed E-state index contributed by atoms with van der Waals surface area (Å²) in [5.74, 6) is -3.26. The van der Waals surface area contributed by atoms with Crippen LogP contribution in [0, 0.1) is 32.1 Å². The van der Waals surface area contributed by atoms with E-state index in [1.807, 2.05) is 48.5 Å². The fraction of sp³-hybridized carbons (Fsp3) is 0.129. The first-order chi connectivity index (χ1) is 19.8. The van der Waals surface area contributed by atoms with Crippen LogP contribution < -0.4 is 4.90 Å². The number of imide groups is 1. The van der Waals surface area contributed by atoms with Crippen LogP contribution in [0.2, 0.25) is 0 Å². The molecule has 0 aromatic heterocycles. The molecule has 200 valence electrons. The van der Waals surface area contributed by atoms with Crippen molar-refractivity contribution in [3.05, 3.63) is 140 Å². The normalized spacial score (nSPS) is 23.8. The molecule has 1 aliphatic heterocycles. The van der Waals surface area contributed by atoms with E-state index in [0.717, 1.165) is 27.2 Å². The Morgan fingerprint density at radius 1 is 0.756 bits per heavy atom. The van der Waals surface area contributed by atoms with E-state index in [2.05, 4.69) is 4.99 Å². The number of nitro groups is 2. The number of nitro benzene ring substituents is 2. The number of non-ortho nitro benzene ring substituents is 1. The van der Waals surface area contributed by atoms with Gasteiger partial charge in [0.15, 0.2) is 0 Å². The summed E-state index contributed by atoms with van der Waals surface area (Å²) in [6.07, 6.45) is 1.63. The number of aliphatic imine (C=N–C) groups is 1. The monoisotopic (exact) mass is 544 g/mol. The molecule has 0 radical (unpaired) electrons. The lowest BCUT2D eigenvalue weighted by atomic mass is 9.47. The van der Waals surface area contributed by atoms with Gasteiger partial charge in [-0.1, -0.05) is 66.7 Å². The lowest BCUT2D eigenvalue weighted by Crippen LogP contribution is -2.54. The summed E-state index contributed by atoms with van der Waals surface area (Å²) >= 11 is 0. The van der Waals surface area contributed by atoms with Crippen LogP contribution in [0.5, 0.6) is 0 Å². The second-order valence-electron chi connectivity index (χ2n) is 10.3. The van der Waals surface area contributed by atoms with Crippen LogP contribution in [0.4, 0.5) is 22.7 Å². The van der Waals surface area contributed by atoms with Crippen molar-refractivity contribution in [2.45, 2.75) is 11.3 Å². The molecular weight excluding hydrogens is 524 g/mol. The van der Waals surface area contributed by atoms with Crippen LogP contribution in [0.3, 0.4) is 0 Å². The van der Waals surface area contributed by atoms with Crippen molar-refractivity contribution in [3.63, 3.8) is 0 Å². The van der Waals surface area contributed by atoms with Gasteiger partial charge in [0.2, 0.25) is 11.8 Å². The molecule has 1 saturated heterocycles. The highest BCUT2D eigenvalue weighted by atomic mass is 16.6. The Labute approximate surface area is 232 Å². The summed E-state index contributed by atoms with van der Waals surface area (Å²) in [5.41, 5.74) is 1.96. The molecule has 10 heteroatoms. The van der Waals surface area contributed by atoms with E-state index in [1.165, 1.54) is 36.4 Å². The summed E-state index contributed by atoms with van der Waals surface area (Å²) < 4.78 is 0. The Kier molecular flexibility index (Phi) is 5.23. The molecule has 0 N–H and O–H groups in total. The average Bonchev–Trinajstić information content (AvgIpc) is 3.26. The predicted molar refractivity (Wildman–Crippen MR) is 149 cm³/mol. The number of carbonyl (C=O) groups excluding carboxylic acids is 2. The van der Waals surface area contributed by atoms with Gasteiger partial charge in [-0.3, -0.25) is 34.8 Å². The summed E-state index contributed by atoms with van der Waals surface area (Å²) in [6, 6.07) is 26.8. The molecule has 10 nitrogen and oxygen atoms in total. The van der Waals surface area contributed by atoms with Crippen LogP contribution >= 0.6 is 0 Å². The minimum absolute atomic E-state index is 0.0693. The minimum Gasteiger partial charge on any atom is -0.274 e. The number of benzene rings is 4. The van der Waals surface area contributed by atoms with E-state index in [0.29, 0.717) is 5.69 Å². The van der Waals surface area contributed by atoms with Gasteiger partial charge >= 0.3 is 0 Å². The van der Waals surface area contributed by atoms with Gasteiger partial charge in [0.25, 0.3) is 11.4 Å². The Balaban J connectivity index is 1.49. The van der Waals surface area contributed by atoms with Gasteiger partial charge in [-0.05, 0) is 34.4 Å². The molecule has 0 saturated carbocycles. The van der Waals surface area contributed by atoms with Crippen LogP contribution in [0.1, 0.15) is 28.2 Å². The first kappa shape index (κ1) is 24.5. The highest BCUT2D eigenvalue weighted by molar-refractivity contribution is 6.25. The van der Waals surface area contributed by atoms with Gasteiger partial charge in [0, 0.05) is 30.3 Å². The summed E-state index contributed by atoms with van der Waals surface area (Å²) in [7, 11) is 0. The number of hydrogen-bond donors (Lipinski definition) is 0. The smallest absolute Gasteiger partial charge is 0.274 e. The van der Waals surface area contributed by atoms with Crippen molar-refractivity contribution in [1.29, 1.82) is 0 Å². The molecule has 8 rings (SSSR count). The Morgan fingerprint density at radius 3 is 2.05 bits per heavy atom. The number of para-hydroxylation sites is 2. The standard InChI is InChI=1S/C31H20N4O6/c36-29-27-26-20-10-1-3-12-22(20)31(23-13-4-2-11-21(23)26,17-32-18-8-7-9-19(16-18)34(38)39)28(27)30(37)33(29)24-14-5-6-15-25(24)35(40)41/h1-17,26-28H/t26?,27-,28-,31?/m0/s1. The zero-order valence-corrected chi connectivity index (χ0v) is 21.3. The number of rotatable bonds is 5. The highest BCUT2D eigenvalue weighted by Crippen LogP contribution is 2.64. The molecule has 4 aromatic rings. The van der Waals surface area contributed by atoms with Crippen LogP contribution in [-0.2, 0) is 15.0 Å². The van der Waals surface area contributed by atoms with Gasteiger partial charge in [-0.2, -0.15) is 0 Å². The molecule has 0 spiro atoms. The van der Waals surface area contributed by atoms with Crippen molar-refractivity contribution in [1.82, 2.24) is 0 Å². The van der Waals surface area contributed by atoms with Gasteiger partial charge in [0.1, 0.15) is 5.69 Å². The zero-order chi connectivity index (χ0) is 28.5. The molecule has 41 heavy (non-hydrogen) atoms. The molecule has 2 bridgehead atoms. The van der Waals surface area contributed by atoms with Gasteiger partial charge < -0.3 is 0 Å². The highest BCUT2D eigenvalue weighted by Gasteiger charge is 2.68. The Hall–Kier alpha value is -5.51. The fourth-order valence-electron chi connectivity index (χ4n) is 6.96. The second kappa shape index (κ2) is 8.75. The third-order valence-corrected chi connectivity index (χ3v) is 8.46. The quantitative estimate of drug-likeness (QED) is 0.142. The van der Waals surface area contributed by atoms with Crippen molar-refractivity contribution in [2.75, 3.05) is 4.90 Å². The van der Waals surface area contributed by atoms with Gasteiger partial charge in [-0.15, -0.1) is 0 Å². The third kappa shape index (κ3) is 3.27. The third-order valence-electron chi connectivity index (χ3n) is 8.46. The van der Waals surface area contributed by atoms with Crippen LogP contribution in [0.25, 0.3) is 0 Å². The van der Waals surface area contributed by atoms with E-state index < -0.39 is 44.8 Å². The molecule has 3 aliphatic carbocycles. The second-order valence-corrected chi connectivity index (χ2v) is 10.3. The van der Waals surface area contributed by atoms with Gasteiger partial charge in [0.05, 0.1) is 32.8 Å². The van der Waals surface area contributed by atoms with E-state index in [9.17, 15) is 29.8 Å². The predicted octanol–water partition coefficient (Wildman–Crippen LogP) is 5.46. The van der Waals surface area contributed by atoms with E-state index in [1.54, 1.807) is 18.3 Å². The molecule has 0 unspecified atom stereocenters. The van der Waals surface area contributed by atoms with E-state index >= 15 is 0 Å². The SMILES string of the molecule is O=C1[C@@H]2[C@@H](C(=O)N1c1ccccc1[N+](=O)[O-])C1c3ccccc3C2(C=Nc2cccc([N+](=O)[O-])c2)c2ccccc21. The first-order valence-corrected chi connectivity index (χ1v) is 12.9. The van der Waals surface area contributed by atoms with Crippen LogP contribution in [-0.4, -0.2) is 27.9 Å². The number of hydrogen-bond acceptors (Lipinski definition) is 7. The maximum absolute atomic E-state index is 14.4. The number of nitrogens with zero attached hydrogens (tertiary/aromatic N) is 4. The van der Waals surface area contributed by atoms with Crippen molar-refractivity contribution >= 4 is 40.8 Å². The molecule has 2 amide bonds. The molecule has 4 aliphatic rings.